The van der Waals surface area contributed by atoms with Crippen molar-refractivity contribution in [2.75, 3.05) is 23.7 Å². The molecule has 5 nitrogen and oxygen atoms in total. The van der Waals surface area contributed by atoms with Gasteiger partial charge >= 0.3 is 0 Å². The smallest absolute Gasteiger partial charge is 0.258 e. The van der Waals surface area contributed by atoms with Crippen LogP contribution < -0.4 is 16.0 Å². The van der Waals surface area contributed by atoms with Crippen LogP contribution in [0.25, 0.3) is 0 Å². The Morgan fingerprint density at radius 1 is 1.09 bits per heavy atom. The largest absolute Gasteiger partial charge is 0.381 e. The lowest BCUT2D eigenvalue weighted by molar-refractivity contribution is 0.102. The Bertz CT molecular complexity index is 1090. The number of piperidine rings is 1. The summed E-state index contributed by atoms with van der Waals surface area (Å²) in [6.45, 7) is 4.25. The summed E-state index contributed by atoms with van der Waals surface area (Å²) < 4.78 is 0. The fourth-order valence-electron chi connectivity index (χ4n) is 4.54. The summed E-state index contributed by atoms with van der Waals surface area (Å²) in [5.74, 6) is 0.949. The molecule has 2 heterocycles. The molecule has 0 bridgehead atoms. The van der Waals surface area contributed by atoms with Gasteiger partial charge < -0.3 is 16.0 Å². The van der Waals surface area contributed by atoms with E-state index in [9.17, 15) is 4.79 Å². The van der Waals surface area contributed by atoms with Gasteiger partial charge in [-0.05, 0) is 67.7 Å². The number of thiol groups is 1. The number of nitrogens with one attached hydrogen (secondary N) is 3. The maximum Gasteiger partial charge on any atom is 0.258 e. The van der Waals surface area contributed by atoms with Gasteiger partial charge in [-0.1, -0.05) is 48.9 Å². The summed E-state index contributed by atoms with van der Waals surface area (Å²) in [6, 6.07) is 19.4. The van der Waals surface area contributed by atoms with Crippen molar-refractivity contribution in [3.05, 3.63) is 83.0 Å². The van der Waals surface area contributed by atoms with E-state index >= 15 is 0 Å². The summed E-state index contributed by atoms with van der Waals surface area (Å²) in [6.07, 6.45) is 3.69. The standard InChI is InChI=1S/C26H29ClN4OS/c1-17(20-6-3-5-9-23(20)33)25(18-12-14-28-15-13-18)30-22-8-4-2-7-21(22)26(32)31-24-11-10-19(27)16-29-24/h2-11,16-18,25,28,30,33H,12-15H2,1H3,(H,29,31,32). The monoisotopic (exact) mass is 480 g/mol. The quantitative estimate of drug-likeness (QED) is 0.320. The van der Waals surface area contributed by atoms with Crippen molar-refractivity contribution in [2.24, 2.45) is 5.92 Å². The van der Waals surface area contributed by atoms with E-state index in [2.05, 4.69) is 40.0 Å². The fraction of sp³-hybridized carbons (Fsp3) is 0.308. The molecule has 3 N–H and O–H groups in total. The van der Waals surface area contributed by atoms with Crippen molar-refractivity contribution in [3.8, 4) is 0 Å². The highest BCUT2D eigenvalue weighted by Gasteiger charge is 2.30. The second kappa shape index (κ2) is 11.1. The van der Waals surface area contributed by atoms with E-state index in [1.165, 1.54) is 11.8 Å². The number of carbonyl (C=O) groups is 1. The van der Waals surface area contributed by atoms with Gasteiger partial charge in [0.1, 0.15) is 5.82 Å². The zero-order valence-electron chi connectivity index (χ0n) is 18.6. The number of carbonyl (C=O) groups excluding carboxylic acids is 1. The molecule has 0 radical (unpaired) electrons. The average molecular weight is 481 g/mol. The molecule has 2 aromatic carbocycles. The minimum atomic E-state index is -0.209. The molecule has 2 atom stereocenters. The van der Waals surface area contributed by atoms with Gasteiger partial charge in [0.2, 0.25) is 0 Å². The van der Waals surface area contributed by atoms with E-state index < -0.39 is 0 Å². The van der Waals surface area contributed by atoms with Gasteiger partial charge in [0.25, 0.3) is 5.91 Å². The number of aromatic nitrogens is 1. The van der Waals surface area contributed by atoms with Gasteiger partial charge in [-0.15, -0.1) is 12.6 Å². The van der Waals surface area contributed by atoms with Gasteiger partial charge in [-0.3, -0.25) is 4.79 Å². The fourth-order valence-corrected chi connectivity index (χ4v) is 5.02. The van der Waals surface area contributed by atoms with Crippen molar-refractivity contribution in [1.29, 1.82) is 0 Å². The lowest BCUT2D eigenvalue weighted by atomic mass is 9.80. The van der Waals surface area contributed by atoms with E-state index in [1.54, 1.807) is 12.1 Å². The van der Waals surface area contributed by atoms with Crippen molar-refractivity contribution in [1.82, 2.24) is 10.3 Å². The second-order valence-electron chi connectivity index (χ2n) is 8.47. The van der Waals surface area contributed by atoms with Crippen LogP contribution in [0.5, 0.6) is 0 Å². The Labute approximate surface area is 205 Å². The molecule has 0 saturated carbocycles. The Morgan fingerprint density at radius 3 is 2.55 bits per heavy atom. The van der Waals surface area contributed by atoms with Gasteiger partial charge in [-0.25, -0.2) is 4.98 Å². The van der Waals surface area contributed by atoms with E-state index in [4.69, 9.17) is 24.2 Å². The molecule has 1 aliphatic rings. The minimum absolute atomic E-state index is 0.156. The summed E-state index contributed by atoms with van der Waals surface area (Å²) >= 11 is 10.6. The number of hydrogen-bond donors (Lipinski definition) is 4. The van der Waals surface area contributed by atoms with Crippen LogP contribution in [0.3, 0.4) is 0 Å². The first-order chi connectivity index (χ1) is 16.0. The normalized spacial score (nSPS) is 16.1. The number of halogens is 1. The van der Waals surface area contributed by atoms with Gasteiger partial charge in [0.15, 0.2) is 0 Å². The van der Waals surface area contributed by atoms with Crippen LogP contribution >= 0.6 is 24.2 Å². The first kappa shape index (κ1) is 23.6. The molecule has 33 heavy (non-hydrogen) atoms. The van der Waals surface area contributed by atoms with E-state index in [0.717, 1.165) is 36.5 Å². The molecule has 1 fully saturated rings. The van der Waals surface area contributed by atoms with Gasteiger partial charge in [-0.2, -0.15) is 0 Å². The summed E-state index contributed by atoms with van der Waals surface area (Å²) in [7, 11) is 0. The molecule has 3 aromatic rings. The number of benzene rings is 2. The average Bonchev–Trinajstić information content (AvgIpc) is 2.84. The maximum absolute atomic E-state index is 13.1. The van der Waals surface area contributed by atoms with E-state index in [0.29, 0.717) is 22.3 Å². The molecule has 0 spiro atoms. The number of hydrogen-bond acceptors (Lipinski definition) is 5. The third-order valence-electron chi connectivity index (χ3n) is 6.32. The zero-order valence-corrected chi connectivity index (χ0v) is 20.2. The third kappa shape index (κ3) is 5.88. The molecule has 172 valence electrons. The van der Waals surface area contributed by atoms with Crippen molar-refractivity contribution >= 4 is 41.6 Å². The summed E-state index contributed by atoms with van der Waals surface area (Å²) in [4.78, 5) is 18.3. The molecule has 2 unspecified atom stereocenters. The van der Waals surface area contributed by atoms with E-state index in [-0.39, 0.29) is 17.9 Å². The van der Waals surface area contributed by atoms with Crippen LogP contribution in [0.4, 0.5) is 11.5 Å². The molecule has 1 saturated heterocycles. The van der Waals surface area contributed by atoms with Crippen LogP contribution in [0, 0.1) is 5.92 Å². The van der Waals surface area contributed by atoms with Crippen LogP contribution in [-0.4, -0.2) is 30.0 Å². The highest BCUT2D eigenvalue weighted by atomic mass is 35.5. The summed E-state index contributed by atoms with van der Waals surface area (Å²) in [5, 5.41) is 10.6. The van der Waals surface area contributed by atoms with E-state index in [1.807, 2.05) is 36.4 Å². The molecule has 7 heteroatoms. The molecule has 1 amide bonds. The highest BCUT2D eigenvalue weighted by molar-refractivity contribution is 7.80. The number of para-hydroxylation sites is 1. The molecular weight excluding hydrogens is 452 g/mol. The lowest BCUT2D eigenvalue weighted by Crippen LogP contribution is -2.41. The number of nitrogens with zero attached hydrogens (tertiary/aromatic N) is 1. The van der Waals surface area contributed by atoms with Crippen LogP contribution in [0.2, 0.25) is 5.02 Å². The van der Waals surface area contributed by atoms with Gasteiger partial charge in [0.05, 0.1) is 10.6 Å². The number of pyridine rings is 1. The first-order valence-corrected chi connectivity index (χ1v) is 12.1. The highest BCUT2D eigenvalue weighted by Crippen LogP contribution is 2.34. The van der Waals surface area contributed by atoms with Crippen LogP contribution in [0.15, 0.2) is 71.8 Å². The molecule has 1 aliphatic heterocycles. The van der Waals surface area contributed by atoms with Crippen LogP contribution in [-0.2, 0) is 0 Å². The lowest BCUT2D eigenvalue weighted by Gasteiger charge is -2.37. The zero-order chi connectivity index (χ0) is 23.2. The molecular formula is C26H29ClN4OS. The topological polar surface area (TPSA) is 66.0 Å². The minimum Gasteiger partial charge on any atom is -0.381 e. The van der Waals surface area contributed by atoms with Crippen molar-refractivity contribution in [3.63, 3.8) is 0 Å². The first-order valence-electron chi connectivity index (χ1n) is 11.3. The van der Waals surface area contributed by atoms with Crippen molar-refractivity contribution < 1.29 is 4.79 Å². The molecule has 0 aliphatic carbocycles. The third-order valence-corrected chi connectivity index (χ3v) is 6.95. The van der Waals surface area contributed by atoms with Gasteiger partial charge in [0, 0.05) is 28.7 Å². The molecule has 1 aromatic heterocycles. The van der Waals surface area contributed by atoms with Crippen LogP contribution in [0.1, 0.15) is 41.6 Å². The Hall–Kier alpha value is -2.54. The Balaban J connectivity index is 1.61. The SMILES string of the molecule is CC(c1ccccc1S)C(Nc1ccccc1C(=O)Nc1ccc(Cl)cn1)C1CCNCC1. The number of amides is 1. The van der Waals surface area contributed by atoms with Crippen molar-refractivity contribution in [2.45, 2.75) is 36.6 Å². The molecule has 4 rings (SSSR count). The summed E-state index contributed by atoms with van der Waals surface area (Å²) in [5.41, 5.74) is 2.61. The maximum atomic E-state index is 13.1. The predicted octanol–water partition coefficient (Wildman–Crippen LogP) is 5.86. The number of rotatable bonds is 7. The predicted molar refractivity (Wildman–Crippen MR) is 139 cm³/mol. The second-order valence-corrected chi connectivity index (χ2v) is 9.38. The Kier molecular flexibility index (Phi) is 7.91. The Morgan fingerprint density at radius 2 is 1.82 bits per heavy atom. The number of anilines is 2.